The fourth-order valence-corrected chi connectivity index (χ4v) is 3.28. The highest BCUT2D eigenvalue weighted by molar-refractivity contribution is 9.10. The van der Waals surface area contributed by atoms with Gasteiger partial charge in [0.15, 0.2) is 6.61 Å². The molecule has 2 aromatic rings. The Labute approximate surface area is 143 Å². The Hall–Kier alpha value is -1.52. The van der Waals surface area contributed by atoms with Gasteiger partial charge in [0, 0.05) is 10.2 Å². The van der Waals surface area contributed by atoms with E-state index in [2.05, 4.69) is 27.3 Å². The van der Waals surface area contributed by atoms with Crippen molar-refractivity contribution in [2.75, 3.05) is 11.9 Å². The topological polar surface area (TPSA) is 38.3 Å². The number of amides is 1. The number of rotatable bonds is 4. The summed E-state index contributed by atoms with van der Waals surface area (Å²) in [6.45, 7) is 5.78. The van der Waals surface area contributed by atoms with Crippen molar-refractivity contribution < 1.29 is 9.53 Å². The van der Waals surface area contributed by atoms with Crippen LogP contribution in [0.5, 0.6) is 5.75 Å². The number of ether oxygens (including phenoxy) is 1. The molecule has 116 valence electrons. The Bertz CT molecular complexity index is 673. The third-order valence-electron chi connectivity index (χ3n) is 3.05. The van der Waals surface area contributed by atoms with Crippen molar-refractivity contribution in [1.29, 1.82) is 0 Å². The van der Waals surface area contributed by atoms with E-state index < -0.39 is 0 Å². The summed E-state index contributed by atoms with van der Waals surface area (Å²) >= 11 is 9.50. The first-order valence-electron chi connectivity index (χ1n) is 6.82. The standard InChI is InChI=1S/C17H17BrClNO2/c1-10-4-11(2)6-14(5-10)20-16(21)9-22-17-12(3)7-13(18)8-15(17)19/h4-8H,9H2,1-3H3,(H,20,21). The van der Waals surface area contributed by atoms with Crippen molar-refractivity contribution in [3.63, 3.8) is 0 Å². The lowest BCUT2D eigenvalue weighted by Gasteiger charge is -2.12. The van der Waals surface area contributed by atoms with Crippen LogP contribution in [0.4, 0.5) is 5.69 Å². The predicted molar refractivity (Wildman–Crippen MR) is 93.9 cm³/mol. The summed E-state index contributed by atoms with van der Waals surface area (Å²) in [5.74, 6) is 0.309. The van der Waals surface area contributed by atoms with Gasteiger partial charge in [-0.3, -0.25) is 4.79 Å². The second-order valence-electron chi connectivity index (χ2n) is 5.25. The van der Waals surface area contributed by atoms with E-state index in [1.165, 1.54) is 0 Å². The van der Waals surface area contributed by atoms with Gasteiger partial charge in [-0.25, -0.2) is 0 Å². The molecule has 0 aliphatic heterocycles. The zero-order chi connectivity index (χ0) is 16.3. The molecular formula is C17H17BrClNO2. The van der Waals surface area contributed by atoms with Gasteiger partial charge in [-0.2, -0.15) is 0 Å². The number of carbonyl (C=O) groups excluding carboxylic acids is 1. The number of benzene rings is 2. The second-order valence-corrected chi connectivity index (χ2v) is 6.57. The number of aryl methyl sites for hydroxylation is 3. The van der Waals surface area contributed by atoms with E-state index in [1.54, 1.807) is 6.07 Å². The normalized spacial score (nSPS) is 10.4. The lowest BCUT2D eigenvalue weighted by molar-refractivity contribution is -0.118. The van der Waals surface area contributed by atoms with E-state index in [4.69, 9.17) is 16.3 Å². The average molecular weight is 383 g/mol. The van der Waals surface area contributed by atoms with Crippen LogP contribution < -0.4 is 10.1 Å². The van der Waals surface area contributed by atoms with Gasteiger partial charge in [0.05, 0.1) is 5.02 Å². The SMILES string of the molecule is Cc1cc(C)cc(NC(=O)COc2c(C)cc(Br)cc2Cl)c1. The van der Waals surface area contributed by atoms with Crippen molar-refractivity contribution in [2.45, 2.75) is 20.8 Å². The lowest BCUT2D eigenvalue weighted by atomic mass is 10.1. The van der Waals surface area contributed by atoms with Crippen LogP contribution in [0.1, 0.15) is 16.7 Å². The number of hydrogen-bond donors (Lipinski definition) is 1. The highest BCUT2D eigenvalue weighted by atomic mass is 79.9. The van der Waals surface area contributed by atoms with Gasteiger partial charge < -0.3 is 10.1 Å². The molecule has 0 aromatic heterocycles. The Balaban J connectivity index is 2.01. The fraction of sp³-hybridized carbons (Fsp3) is 0.235. The van der Waals surface area contributed by atoms with Crippen LogP contribution in [0.15, 0.2) is 34.8 Å². The van der Waals surface area contributed by atoms with Crippen LogP contribution in [0.3, 0.4) is 0 Å². The molecule has 0 radical (unpaired) electrons. The van der Waals surface area contributed by atoms with E-state index in [0.29, 0.717) is 10.8 Å². The summed E-state index contributed by atoms with van der Waals surface area (Å²) in [5, 5.41) is 3.31. The summed E-state index contributed by atoms with van der Waals surface area (Å²) in [7, 11) is 0. The van der Waals surface area contributed by atoms with Gasteiger partial charge in [0.2, 0.25) is 0 Å². The van der Waals surface area contributed by atoms with Crippen LogP contribution in [0.2, 0.25) is 5.02 Å². The van der Waals surface area contributed by atoms with Crippen molar-refractivity contribution in [3.05, 3.63) is 56.5 Å². The van der Waals surface area contributed by atoms with Gasteiger partial charge in [-0.05, 0) is 61.7 Å². The Kier molecular flexibility index (Phi) is 5.48. The maximum absolute atomic E-state index is 12.0. The molecule has 3 nitrogen and oxygen atoms in total. The first-order chi connectivity index (χ1) is 10.3. The number of anilines is 1. The van der Waals surface area contributed by atoms with Gasteiger partial charge in [-0.15, -0.1) is 0 Å². The molecule has 1 N–H and O–H groups in total. The summed E-state index contributed by atoms with van der Waals surface area (Å²) in [4.78, 5) is 12.0. The molecule has 0 aliphatic rings. The summed E-state index contributed by atoms with van der Waals surface area (Å²) in [5.41, 5.74) is 3.84. The van der Waals surface area contributed by atoms with E-state index in [-0.39, 0.29) is 12.5 Å². The minimum atomic E-state index is -0.219. The molecule has 5 heteroatoms. The molecule has 22 heavy (non-hydrogen) atoms. The molecule has 0 bridgehead atoms. The maximum atomic E-state index is 12.0. The molecule has 1 amide bonds. The molecule has 0 saturated carbocycles. The highest BCUT2D eigenvalue weighted by Gasteiger charge is 2.10. The zero-order valence-corrected chi connectivity index (χ0v) is 15.0. The van der Waals surface area contributed by atoms with E-state index in [1.807, 2.05) is 39.0 Å². The van der Waals surface area contributed by atoms with Crippen LogP contribution >= 0.6 is 27.5 Å². The number of nitrogens with one attached hydrogen (secondary N) is 1. The summed E-state index contributed by atoms with van der Waals surface area (Å²) in [6, 6.07) is 9.53. The molecular weight excluding hydrogens is 366 g/mol. The molecule has 0 unspecified atom stereocenters. The predicted octanol–water partition coefficient (Wildman–Crippen LogP) is 5.05. The van der Waals surface area contributed by atoms with Crippen LogP contribution in [-0.2, 0) is 4.79 Å². The number of hydrogen-bond acceptors (Lipinski definition) is 2. The zero-order valence-electron chi connectivity index (χ0n) is 12.7. The third-order valence-corrected chi connectivity index (χ3v) is 3.79. The Morgan fingerprint density at radius 3 is 2.36 bits per heavy atom. The number of carbonyl (C=O) groups is 1. The van der Waals surface area contributed by atoms with Crippen LogP contribution in [0.25, 0.3) is 0 Å². The highest BCUT2D eigenvalue weighted by Crippen LogP contribution is 2.31. The van der Waals surface area contributed by atoms with Crippen LogP contribution in [0, 0.1) is 20.8 Å². The van der Waals surface area contributed by atoms with E-state index in [9.17, 15) is 4.79 Å². The quantitative estimate of drug-likeness (QED) is 0.804. The minimum Gasteiger partial charge on any atom is -0.482 e. The largest absolute Gasteiger partial charge is 0.482 e. The first-order valence-corrected chi connectivity index (χ1v) is 7.99. The van der Waals surface area contributed by atoms with Crippen molar-refractivity contribution in [2.24, 2.45) is 0 Å². The lowest BCUT2D eigenvalue weighted by Crippen LogP contribution is -2.20. The molecule has 0 fully saturated rings. The molecule has 0 atom stereocenters. The van der Waals surface area contributed by atoms with Crippen molar-refractivity contribution in [1.82, 2.24) is 0 Å². The van der Waals surface area contributed by atoms with E-state index in [0.717, 1.165) is 26.9 Å². The molecule has 2 aromatic carbocycles. The molecule has 0 heterocycles. The summed E-state index contributed by atoms with van der Waals surface area (Å²) < 4.78 is 6.43. The Morgan fingerprint density at radius 1 is 1.14 bits per heavy atom. The van der Waals surface area contributed by atoms with Gasteiger partial charge in [0.25, 0.3) is 5.91 Å². The monoisotopic (exact) mass is 381 g/mol. The Morgan fingerprint density at radius 2 is 1.77 bits per heavy atom. The van der Waals surface area contributed by atoms with Crippen LogP contribution in [-0.4, -0.2) is 12.5 Å². The second kappa shape index (κ2) is 7.16. The molecule has 2 rings (SSSR count). The fourth-order valence-electron chi connectivity index (χ4n) is 2.25. The van der Waals surface area contributed by atoms with Gasteiger partial charge >= 0.3 is 0 Å². The first kappa shape index (κ1) is 16.8. The molecule has 0 saturated heterocycles. The number of halogens is 2. The molecule has 0 spiro atoms. The van der Waals surface area contributed by atoms with E-state index >= 15 is 0 Å². The summed E-state index contributed by atoms with van der Waals surface area (Å²) in [6.07, 6.45) is 0. The third kappa shape index (κ3) is 4.49. The van der Waals surface area contributed by atoms with Crippen molar-refractivity contribution >= 4 is 39.1 Å². The smallest absolute Gasteiger partial charge is 0.262 e. The molecule has 0 aliphatic carbocycles. The minimum absolute atomic E-state index is 0.0881. The van der Waals surface area contributed by atoms with Crippen molar-refractivity contribution in [3.8, 4) is 5.75 Å². The maximum Gasteiger partial charge on any atom is 0.262 e. The van der Waals surface area contributed by atoms with Gasteiger partial charge in [0.1, 0.15) is 5.75 Å². The average Bonchev–Trinajstić information content (AvgIpc) is 2.35. The van der Waals surface area contributed by atoms with Gasteiger partial charge in [-0.1, -0.05) is 33.6 Å².